The Morgan fingerprint density at radius 3 is 2.27 bits per heavy atom. The summed E-state index contributed by atoms with van der Waals surface area (Å²) < 4.78 is 5.23. The molecule has 6 nitrogen and oxygen atoms in total. The maximum Gasteiger partial charge on any atom is 0.269 e. The zero-order chi connectivity index (χ0) is 16.1. The number of hydrogen-bond acceptors (Lipinski definition) is 4. The Kier molecular flexibility index (Phi) is 5.19. The second kappa shape index (κ2) is 7.11. The van der Waals surface area contributed by atoms with Gasteiger partial charge in [0.2, 0.25) is 0 Å². The van der Waals surface area contributed by atoms with Crippen LogP contribution in [0.15, 0.2) is 42.5 Å². The van der Waals surface area contributed by atoms with Crippen LogP contribution in [-0.4, -0.2) is 17.4 Å². The number of ether oxygens (including phenoxy) is 1. The maximum atomic E-state index is 11.8. The summed E-state index contributed by atoms with van der Waals surface area (Å²) in [5.41, 5.74) is 0.403. The number of nitro groups is 1. The van der Waals surface area contributed by atoms with Gasteiger partial charge >= 0.3 is 0 Å². The Morgan fingerprint density at radius 1 is 1.14 bits per heavy atom. The summed E-state index contributed by atoms with van der Waals surface area (Å²) >= 11 is 11.6. The summed E-state index contributed by atoms with van der Waals surface area (Å²) in [6.45, 7) is -0.248. The van der Waals surface area contributed by atoms with Crippen molar-refractivity contribution in [1.29, 1.82) is 0 Å². The molecule has 0 saturated heterocycles. The van der Waals surface area contributed by atoms with E-state index in [1.54, 1.807) is 18.2 Å². The normalized spacial score (nSPS) is 10.1. The minimum absolute atomic E-state index is 0.0506. The fraction of sp³-hybridized carbons (Fsp3) is 0.0714. The van der Waals surface area contributed by atoms with Gasteiger partial charge in [0.15, 0.2) is 6.61 Å². The summed E-state index contributed by atoms with van der Waals surface area (Å²) in [6, 6.07) is 10.1. The van der Waals surface area contributed by atoms with E-state index in [1.807, 2.05) is 0 Å². The summed E-state index contributed by atoms with van der Waals surface area (Å²) in [4.78, 5) is 21.8. The fourth-order valence-corrected chi connectivity index (χ4v) is 2.16. The number of carbonyl (C=O) groups excluding carboxylic acids is 1. The van der Waals surface area contributed by atoms with Crippen molar-refractivity contribution in [3.63, 3.8) is 0 Å². The molecular weight excluding hydrogens is 331 g/mol. The monoisotopic (exact) mass is 340 g/mol. The number of benzene rings is 2. The van der Waals surface area contributed by atoms with E-state index in [-0.39, 0.29) is 12.3 Å². The highest BCUT2D eigenvalue weighted by atomic mass is 35.5. The predicted octanol–water partition coefficient (Wildman–Crippen LogP) is 3.92. The number of nitrogens with one attached hydrogen (secondary N) is 1. The average Bonchev–Trinajstić information content (AvgIpc) is 2.44. The van der Waals surface area contributed by atoms with E-state index in [0.29, 0.717) is 21.5 Å². The lowest BCUT2D eigenvalue weighted by Crippen LogP contribution is -2.20. The first-order valence-electron chi connectivity index (χ1n) is 6.07. The Labute approximate surface area is 135 Å². The first-order valence-corrected chi connectivity index (χ1v) is 6.83. The average molecular weight is 341 g/mol. The molecule has 2 aromatic carbocycles. The molecule has 0 aliphatic carbocycles. The number of nitrogens with zero attached hydrogens (tertiary/aromatic N) is 1. The second-order valence-corrected chi connectivity index (χ2v) is 5.12. The SMILES string of the molecule is O=C(COc1ccc([N+](=O)[O-])cc1)Nc1cc(Cl)cc(Cl)c1. The van der Waals surface area contributed by atoms with Gasteiger partial charge in [-0.2, -0.15) is 0 Å². The summed E-state index contributed by atoms with van der Waals surface area (Å²) in [7, 11) is 0. The molecule has 114 valence electrons. The van der Waals surface area contributed by atoms with Crippen LogP contribution in [0.4, 0.5) is 11.4 Å². The fourth-order valence-electron chi connectivity index (χ4n) is 1.64. The van der Waals surface area contributed by atoms with Gasteiger partial charge in [0.25, 0.3) is 11.6 Å². The van der Waals surface area contributed by atoms with E-state index < -0.39 is 10.8 Å². The molecule has 0 radical (unpaired) electrons. The van der Waals surface area contributed by atoms with Crippen LogP contribution >= 0.6 is 23.2 Å². The molecule has 8 heteroatoms. The molecule has 2 aromatic rings. The first-order chi connectivity index (χ1) is 10.4. The van der Waals surface area contributed by atoms with Gasteiger partial charge in [-0.3, -0.25) is 14.9 Å². The van der Waals surface area contributed by atoms with Crippen LogP contribution in [0.2, 0.25) is 10.0 Å². The molecule has 22 heavy (non-hydrogen) atoms. The number of nitro benzene ring substituents is 1. The van der Waals surface area contributed by atoms with Gasteiger partial charge in [-0.25, -0.2) is 0 Å². The quantitative estimate of drug-likeness (QED) is 0.660. The topological polar surface area (TPSA) is 81.5 Å². The molecule has 1 N–H and O–H groups in total. The molecule has 0 spiro atoms. The number of carbonyl (C=O) groups is 1. The zero-order valence-electron chi connectivity index (χ0n) is 11.1. The lowest BCUT2D eigenvalue weighted by Gasteiger charge is -2.08. The molecule has 0 aliphatic rings. The van der Waals surface area contributed by atoms with Crippen molar-refractivity contribution in [2.75, 3.05) is 11.9 Å². The third-order valence-electron chi connectivity index (χ3n) is 2.56. The Balaban J connectivity index is 1.91. The largest absolute Gasteiger partial charge is 0.484 e. The van der Waals surface area contributed by atoms with Gasteiger partial charge < -0.3 is 10.1 Å². The molecule has 0 heterocycles. The number of hydrogen-bond donors (Lipinski definition) is 1. The highest BCUT2D eigenvalue weighted by Crippen LogP contribution is 2.22. The second-order valence-electron chi connectivity index (χ2n) is 4.25. The van der Waals surface area contributed by atoms with Crippen LogP contribution < -0.4 is 10.1 Å². The summed E-state index contributed by atoms with van der Waals surface area (Å²) in [6.07, 6.45) is 0. The van der Waals surface area contributed by atoms with Crippen LogP contribution in [0.5, 0.6) is 5.75 Å². The van der Waals surface area contributed by atoms with Crippen LogP contribution in [0.3, 0.4) is 0 Å². The molecule has 1 amide bonds. The van der Waals surface area contributed by atoms with Gasteiger partial charge in [0.1, 0.15) is 5.75 Å². The third-order valence-corrected chi connectivity index (χ3v) is 3.00. The van der Waals surface area contributed by atoms with E-state index in [9.17, 15) is 14.9 Å². The van der Waals surface area contributed by atoms with E-state index in [2.05, 4.69) is 5.32 Å². The number of non-ortho nitro benzene ring substituents is 1. The molecule has 0 atom stereocenters. The van der Waals surface area contributed by atoms with Gasteiger partial charge in [-0.1, -0.05) is 23.2 Å². The summed E-state index contributed by atoms with van der Waals surface area (Å²) in [5, 5.41) is 13.9. The molecule has 0 bridgehead atoms. The van der Waals surface area contributed by atoms with Crippen molar-refractivity contribution in [2.45, 2.75) is 0 Å². The van der Waals surface area contributed by atoms with Crippen molar-refractivity contribution in [1.82, 2.24) is 0 Å². The lowest BCUT2D eigenvalue weighted by atomic mass is 10.3. The first kappa shape index (κ1) is 16.1. The predicted molar refractivity (Wildman–Crippen MR) is 83.7 cm³/mol. The van der Waals surface area contributed by atoms with E-state index in [0.717, 1.165) is 0 Å². The van der Waals surface area contributed by atoms with Crippen molar-refractivity contribution in [3.8, 4) is 5.75 Å². The van der Waals surface area contributed by atoms with E-state index in [4.69, 9.17) is 27.9 Å². The Morgan fingerprint density at radius 2 is 1.73 bits per heavy atom. The van der Waals surface area contributed by atoms with Crippen LogP contribution in [0.1, 0.15) is 0 Å². The highest BCUT2D eigenvalue weighted by Gasteiger charge is 2.07. The molecule has 0 unspecified atom stereocenters. The molecule has 0 aliphatic heterocycles. The van der Waals surface area contributed by atoms with Crippen LogP contribution in [0, 0.1) is 10.1 Å². The lowest BCUT2D eigenvalue weighted by molar-refractivity contribution is -0.384. The third kappa shape index (κ3) is 4.61. The highest BCUT2D eigenvalue weighted by molar-refractivity contribution is 6.35. The minimum atomic E-state index is -0.515. The van der Waals surface area contributed by atoms with Gasteiger partial charge in [-0.05, 0) is 30.3 Å². The van der Waals surface area contributed by atoms with Crippen molar-refractivity contribution in [3.05, 3.63) is 62.6 Å². The molecule has 0 aromatic heterocycles. The van der Waals surface area contributed by atoms with Crippen LogP contribution in [-0.2, 0) is 4.79 Å². The number of halogens is 2. The molecule has 0 fully saturated rings. The maximum absolute atomic E-state index is 11.8. The van der Waals surface area contributed by atoms with Gasteiger partial charge in [0, 0.05) is 27.9 Å². The van der Waals surface area contributed by atoms with Crippen molar-refractivity contribution >= 4 is 40.5 Å². The Bertz CT molecular complexity index is 684. The number of amides is 1. The van der Waals surface area contributed by atoms with Gasteiger partial charge in [-0.15, -0.1) is 0 Å². The van der Waals surface area contributed by atoms with E-state index in [1.165, 1.54) is 24.3 Å². The molecule has 0 saturated carbocycles. The smallest absolute Gasteiger partial charge is 0.269 e. The minimum Gasteiger partial charge on any atom is -0.484 e. The van der Waals surface area contributed by atoms with Crippen molar-refractivity contribution in [2.24, 2.45) is 0 Å². The number of rotatable bonds is 5. The summed E-state index contributed by atoms with van der Waals surface area (Å²) in [5.74, 6) is -0.0541. The Hall–Kier alpha value is -2.31. The van der Waals surface area contributed by atoms with Crippen LogP contribution in [0.25, 0.3) is 0 Å². The molecule has 2 rings (SSSR count). The standard InChI is InChI=1S/C14H10Cl2N2O4/c15-9-5-10(16)7-11(6-9)17-14(19)8-22-13-3-1-12(2-4-13)18(20)21/h1-7H,8H2,(H,17,19). The van der Waals surface area contributed by atoms with E-state index >= 15 is 0 Å². The zero-order valence-corrected chi connectivity index (χ0v) is 12.6. The molecular formula is C14H10Cl2N2O4. The van der Waals surface area contributed by atoms with Gasteiger partial charge in [0.05, 0.1) is 4.92 Å². The number of anilines is 1. The van der Waals surface area contributed by atoms with Crippen molar-refractivity contribution < 1.29 is 14.5 Å².